The number of thiazole rings is 1. The van der Waals surface area contributed by atoms with E-state index in [9.17, 15) is 4.79 Å². The van der Waals surface area contributed by atoms with Gasteiger partial charge in [0.05, 0.1) is 5.01 Å². The van der Waals surface area contributed by atoms with Crippen molar-refractivity contribution in [3.63, 3.8) is 0 Å². The number of hydrogen-bond acceptors (Lipinski definition) is 3. The van der Waals surface area contributed by atoms with Crippen molar-refractivity contribution in [1.82, 2.24) is 4.98 Å². The number of carbonyl (C=O) groups is 1. The summed E-state index contributed by atoms with van der Waals surface area (Å²) in [5.41, 5.74) is 0. The van der Waals surface area contributed by atoms with E-state index in [1.165, 1.54) is 4.88 Å². The lowest BCUT2D eigenvalue weighted by Crippen LogP contribution is -1.79. The standard InChI is InChI=1S/C8H11NOS/c1-2-8-9-6-7(11-8)4-3-5-10/h5-6H,2-4H2,1H3. The summed E-state index contributed by atoms with van der Waals surface area (Å²) < 4.78 is 0. The Hall–Kier alpha value is -0.700. The van der Waals surface area contributed by atoms with Gasteiger partial charge in [0.2, 0.25) is 0 Å². The van der Waals surface area contributed by atoms with Crippen molar-refractivity contribution in [3.05, 3.63) is 16.1 Å². The van der Waals surface area contributed by atoms with Gasteiger partial charge in [-0.2, -0.15) is 0 Å². The maximum atomic E-state index is 10.0. The van der Waals surface area contributed by atoms with E-state index in [-0.39, 0.29) is 0 Å². The molecule has 1 rings (SSSR count). The van der Waals surface area contributed by atoms with Crippen LogP contribution in [0.3, 0.4) is 0 Å². The van der Waals surface area contributed by atoms with Gasteiger partial charge in [0.1, 0.15) is 6.29 Å². The highest BCUT2D eigenvalue weighted by Crippen LogP contribution is 2.14. The molecule has 11 heavy (non-hydrogen) atoms. The average Bonchev–Trinajstić information content (AvgIpc) is 2.48. The largest absolute Gasteiger partial charge is 0.303 e. The van der Waals surface area contributed by atoms with Crippen LogP contribution in [0.25, 0.3) is 0 Å². The van der Waals surface area contributed by atoms with Crippen LogP contribution in [-0.4, -0.2) is 11.3 Å². The number of carbonyl (C=O) groups excluding carboxylic acids is 1. The van der Waals surface area contributed by atoms with Gasteiger partial charge in [0, 0.05) is 17.5 Å². The van der Waals surface area contributed by atoms with E-state index in [0.29, 0.717) is 6.42 Å². The second-order valence-corrected chi connectivity index (χ2v) is 3.48. The molecule has 1 aromatic rings. The summed E-state index contributed by atoms with van der Waals surface area (Å²) >= 11 is 1.70. The van der Waals surface area contributed by atoms with Crippen LogP contribution in [0.15, 0.2) is 6.20 Å². The number of rotatable bonds is 4. The molecule has 60 valence electrons. The molecule has 0 spiro atoms. The van der Waals surface area contributed by atoms with Crippen LogP contribution in [0.4, 0.5) is 0 Å². The van der Waals surface area contributed by atoms with E-state index in [1.54, 1.807) is 11.3 Å². The van der Waals surface area contributed by atoms with Crippen molar-refractivity contribution in [2.75, 3.05) is 0 Å². The molecule has 1 heterocycles. The Labute approximate surface area is 70.3 Å². The van der Waals surface area contributed by atoms with Crippen molar-refractivity contribution in [3.8, 4) is 0 Å². The summed E-state index contributed by atoms with van der Waals surface area (Å²) in [6, 6.07) is 0. The Balaban J connectivity index is 2.50. The zero-order chi connectivity index (χ0) is 8.10. The fourth-order valence-electron chi connectivity index (χ4n) is 0.828. The van der Waals surface area contributed by atoms with E-state index in [2.05, 4.69) is 11.9 Å². The van der Waals surface area contributed by atoms with Gasteiger partial charge >= 0.3 is 0 Å². The summed E-state index contributed by atoms with van der Waals surface area (Å²) in [6.07, 6.45) is 5.27. The van der Waals surface area contributed by atoms with Gasteiger partial charge in [0.15, 0.2) is 0 Å². The van der Waals surface area contributed by atoms with Crippen LogP contribution >= 0.6 is 11.3 Å². The second kappa shape index (κ2) is 4.23. The molecule has 0 atom stereocenters. The van der Waals surface area contributed by atoms with Crippen LogP contribution < -0.4 is 0 Å². The molecule has 0 radical (unpaired) electrons. The van der Waals surface area contributed by atoms with Gasteiger partial charge in [-0.25, -0.2) is 4.98 Å². The lowest BCUT2D eigenvalue weighted by Gasteiger charge is -1.85. The Morgan fingerprint density at radius 1 is 1.73 bits per heavy atom. The molecule has 0 saturated carbocycles. The summed E-state index contributed by atoms with van der Waals surface area (Å²) in [6.45, 7) is 2.09. The summed E-state index contributed by atoms with van der Waals surface area (Å²) in [5, 5.41) is 1.16. The Morgan fingerprint density at radius 3 is 3.09 bits per heavy atom. The third kappa shape index (κ3) is 2.42. The van der Waals surface area contributed by atoms with E-state index in [1.807, 2.05) is 6.20 Å². The van der Waals surface area contributed by atoms with Crippen LogP contribution in [0.2, 0.25) is 0 Å². The zero-order valence-electron chi connectivity index (χ0n) is 6.54. The first-order chi connectivity index (χ1) is 5.36. The first-order valence-electron chi connectivity index (χ1n) is 3.74. The molecule has 0 fully saturated rings. The maximum absolute atomic E-state index is 10.0. The van der Waals surface area contributed by atoms with Crippen molar-refractivity contribution < 1.29 is 4.79 Å². The van der Waals surface area contributed by atoms with Gasteiger partial charge < -0.3 is 4.79 Å². The predicted octanol–water partition coefficient (Wildman–Crippen LogP) is 1.84. The molecule has 0 unspecified atom stereocenters. The summed E-state index contributed by atoms with van der Waals surface area (Å²) in [7, 11) is 0. The molecule has 0 amide bonds. The molecule has 0 aromatic carbocycles. The first kappa shape index (κ1) is 8.40. The van der Waals surface area contributed by atoms with Crippen LogP contribution in [-0.2, 0) is 17.6 Å². The second-order valence-electron chi connectivity index (χ2n) is 2.28. The summed E-state index contributed by atoms with van der Waals surface area (Å²) in [5.74, 6) is 0. The van der Waals surface area contributed by atoms with Crippen LogP contribution in [0.1, 0.15) is 23.2 Å². The molecule has 0 aliphatic heterocycles. The minimum atomic E-state index is 0.616. The number of aryl methyl sites for hydroxylation is 2. The lowest BCUT2D eigenvalue weighted by atomic mass is 10.3. The van der Waals surface area contributed by atoms with Gasteiger partial charge in [-0.15, -0.1) is 11.3 Å². The van der Waals surface area contributed by atoms with Crippen molar-refractivity contribution >= 4 is 17.6 Å². The van der Waals surface area contributed by atoms with E-state index in [0.717, 1.165) is 24.1 Å². The normalized spacial score (nSPS) is 9.91. The quantitative estimate of drug-likeness (QED) is 0.644. The van der Waals surface area contributed by atoms with Crippen molar-refractivity contribution in [2.24, 2.45) is 0 Å². The molecule has 0 saturated heterocycles. The van der Waals surface area contributed by atoms with Crippen LogP contribution in [0, 0.1) is 0 Å². The number of hydrogen-bond donors (Lipinski definition) is 0. The topological polar surface area (TPSA) is 30.0 Å². The zero-order valence-corrected chi connectivity index (χ0v) is 7.36. The fourth-order valence-corrected chi connectivity index (χ4v) is 1.71. The molecule has 3 heteroatoms. The van der Waals surface area contributed by atoms with Gasteiger partial charge in [-0.05, 0) is 12.8 Å². The average molecular weight is 169 g/mol. The SMILES string of the molecule is CCc1ncc(CCC=O)s1. The highest BCUT2D eigenvalue weighted by Gasteiger charge is 1.98. The van der Waals surface area contributed by atoms with E-state index >= 15 is 0 Å². The molecule has 2 nitrogen and oxygen atoms in total. The van der Waals surface area contributed by atoms with Crippen molar-refractivity contribution in [1.29, 1.82) is 0 Å². The first-order valence-corrected chi connectivity index (χ1v) is 4.55. The highest BCUT2D eigenvalue weighted by atomic mass is 32.1. The third-order valence-corrected chi connectivity index (χ3v) is 2.61. The number of aldehydes is 1. The maximum Gasteiger partial charge on any atom is 0.120 e. The van der Waals surface area contributed by atoms with Crippen LogP contribution in [0.5, 0.6) is 0 Å². The number of aromatic nitrogens is 1. The molecule has 0 bridgehead atoms. The molecular weight excluding hydrogens is 158 g/mol. The van der Waals surface area contributed by atoms with E-state index in [4.69, 9.17) is 0 Å². The van der Waals surface area contributed by atoms with E-state index < -0.39 is 0 Å². The molecule has 1 aromatic heterocycles. The van der Waals surface area contributed by atoms with Gasteiger partial charge in [-0.1, -0.05) is 6.92 Å². The monoisotopic (exact) mass is 169 g/mol. The Morgan fingerprint density at radius 2 is 2.55 bits per heavy atom. The fraction of sp³-hybridized carbons (Fsp3) is 0.500. The highest BCUT2D eigenvalue weighted by molar-refractivity contribution is 7.11. The lowest BCUT2D eigenvalue weighted by molar-refractivity contribution is -0.107. The Bertz CT molecular complexity index is 232. The van der Waals surface area contributed by atoms with Gasteiger partial charge in [0.25, 0.3) is 0 Å². The third-order valence-electron chi connectivity index (χ3n) is 1.41. The smallest absolute Gasteiger partial charge is 0.120 e. The predicted molar refractivity (Wildman–Crippen MR) is 45.9 cm³/mol. The number of nitrogens with zero attached hydrogens (tertiary/aromatic N) is 1. The molecule has 0 aliphatic rings. The molecule has 0 aliphatic carbocycles. The Kier molecular flexibility index (Phi) is 3.23. The summed E-state index contributed by atoms with van der Waals surface area (Å²) in [4.78, 5) is 15.4. The molecular formula is C8H11NOS. The minimum Gasteiger partial charge on any atom is -0.303 e. The van der Waals surface area contributed by atoms with Crippen molar-refractivity contribution in [2.45, 2.75) is 26.2 Å². The minimum absolute atomic E-state index is 0.616. The molecule has 0 N–H and O–H groups in total. The van der Waals surface area contributed by atoms with Gasteiger partial charge in [-0.3, -0.25) is 0 Å².